The second-order valence-electron chi connectivity index (χ2n) is 11.4. The number of hydrogen-bond acceptors (Lipinski definition) is 8. The SMILES string of the molecule is CCC1=NC2=C(OC)C=CC(C3=NN(CCCCOc4ccc(C5=NNC(=O)CC5C)cc4OC)C(=O)CC3C)C2C=C1. The number of benzene rings is 1. The second-order valence-corrected chi connectivity index (χ2v) is 11.4. The van der Waals surface area contributed by atoms with Crippen LogP contribution in [0.4, 0.5) is 0 Å². The fourth-order valence-corrected chi connectivity index (χ4v) is 5.96. The summed E-state index contributed by atoms with van der Waals surface area (Å²) in [5, 5.41) is 10.8. The number of hydrogen-bond donors (Lipinski definition) is 1. The summed E-state index contributed by atoms with van der Waals surface area (Å²) in [6.07, 6.45) is 11.6. The molecule has 2 amide bonds. The Morgan fingerprint density at radius 1 is 0.977 bits per heavy atom. The Kier molecular flexibility index (Phi) is 9.43. The Morgan fingerprint density at radius 3 is 2.53 bits per heavy atom. The molecule has 10 nitrogen and oxygen atoms in total. The first kappa shape index (κ1) is 30.3. The largest absolute Gasteiger partial charge is 0.495 e. The second kappa shape index (κ2) is 13.4. The number of methoxy groups -OCH3 is 2. The van der Waals surface area contributed by atoms with Gasteiger partial charge in [-0.15, -0.1) is 0 Å². The number of unbranched alkanes of at least 4 members (excludes halogenated alkanes) is 1. The number of carbonyl (C=O) groups excluding carboxylic acids is 2. The lowest BCUT2D eigenvalue weighted by molar-refractivity contribution is -0.132. The average molecular weight is 588 g/mol. The molecule has 4 atom stereocenters. The van der Waals surface area contributed by atoms with Gasteiger partial charge in [0.2, 0.25) is 11.8 Å². The highest BCUT2D eigenvalue weighted by Gasteiger charge is 2.38. The van der Waals surface area contributed by atoms with Gasteiger partial charge in [-0.25, -0.2) is 10.4 Å². The van der Waals surface area contributed by atoms with E-state index in [1.165, 1.54) is 0 Å². The monoisotopic (exact) mass is 587 g/mol. The van der Waals surface area contributed by atoms with Crippen molar-refractivity contribution in [3.8, 4) is 11.5 Å². The van der Waals surface area contributed by atoms with Crippen LogP contribution >= 0.6 is 0 Å². The van der Waals surface area contributed by atoms with Crippen molar-refractivity contribution >= 4 is 28.9 Å². The number of ether oxygens (including phenoxy) is 3. The van der Waals surface area contributed by atoms with Gasteiger partial charge in [-0.3, -0.25) is 14.6 Å². The van der Waals surface area contributed by atoms with Crippen LogP contribution in [-0.2, 0) is 14.3 Å². The molecule has 10 heteroatoms. The first-order valence-electron chi connectivity index (χ1n) is 15.1. The fourth-order valence-electron chi connectivity index (χ4n) is 5.96. The third kappa shape index (κ3) is 6.58. The molecule has 0 radical (unpaired) electrons. The molecule has 43 heavy (non-hydrogen) atoms. The van der Waals surface area contributed by atoms with E-state index in [9.17, 15) is 9.59 Å². The number of allylic oxidation sites excluding steroid dienone is 4. The zero-order valence-electron chi connectivity index (χ0n) is 25.6. The van der Waals surface area contributed by atoms with Crippen LogP contribution in [0.25, 0.3) is 0 Å². The van der Waals surface area contributed by atoms with Crippen molar-refractivity contribution in [3.05, 3.63) is 59.5 Å². The molecule has 1 aliphatic carbocycles. The maximum atomic E-state index is 12.9. The van der Waals surface area contributed by atoms with Crippen molar-refractivity contribution < 1.29 is 23.8 Å². The predicted octanol–water partition coefficient (Wildman–Crippen LogP) is 5.02. The van der Waals surface area contributed by atoms with Crippen LogP contribution in [0.2, 0.25) is 0 Å². The smallest absolute Gasteiger partial charge is 0.243 e. The molecular formula is C33H41N5O5. The van der Waals surface area contributed by atoms with Gasteiger partial charge >= 0.3 is 0 Å². The molecule has 5 rings (SSSR count). The number of amides is 2. The van der Waals surface area contributed by atoms with Gasteiger partial charge in [0.1, 0.15) is 5.76 Å². The average Bonchev–Trinajstić information content (AvgIpc) is 3.01. The van der Waals surface area contributed by atoms with Gasteiger partial charge in [-0.05, 0) is 49.6 Å². The Morgan fingerprint density at radius 2 is 1.79 bits per heavy atom. The van der Waals surface area contributed by atoms with Crippen molar-refractivity contribution in [2.24, 2.45) is 38.9 Å². The summed E-state index contributed by atoms with van der Waals surface area (Å²) >= 11 is 0. The van der Waals surface area contributed by atoms with E-state index < -0.39 is 0 Å². The van der Waals surface area contributed by atoms with Gasteiger partial charge in [0, 0.05) is 60.0 Å². The molecule has 4 unspecified atom stereocenters. The minimum absolute atomic E-state index is 0.0194. The number of rotatable bonds is 11. The first-order valence-corrected chi connectivity index (χ1v) is 15.1. The molecule has 228 valence electrons. The van der Waals surface area contributed by atoms with Crippen LogP contribution in [0.15, 0.2) is 69.2 Å². The number of carbonyl (C=O) groups is 2. The highest BCUT2D eigenvalue weighted by atomic mass is 16.5. The van der Waals surface area contributed by atoms with E-state index in [2.05, 4.69) is 42.6 Å². The standard InChI is InChI=1S/C33H41N5O5/c1-6-23-10-11-25-24(12-14-27(41-4)33(25)34-23)32-21(3)18-30(40)38(37-32)15-7-8-16-43-26-13-9-22(19-28(26)42-5)31-20(2)17-29(39)35-36-31/h9-14,19-21,24-25H,6-8,15-18H2,1-5H3,(H,35,39). The van der Waals surface area contributed by atoms with Gasteiger partial charge in [0.25, 0.3) is 0 Å². The molecule has 1 aromatic carbocycles. The van der Waals surface area contributed by atoms with Crippen molar-refractivity contribution in [3.63, 3.8) is 0 Å². The van der Waals surface area contributed by atoms with Crippen LogP contribution in [-0.4, -0.2) is 61.3 Å². The van der Waals surface area contributed by atoms with Crippen LogP contribution in [0, 0.1) is 23.7 Å². The molecule has 0 saturated heterocycles. The van der Waals surface area contributed by atoms with Gasteiger partial charge in [0.15, 0.2) is 11.5 Å². The Hall–Kier alpha value is -4.21. The van der Waals surface area contributed by atoms with E-state index in [-0.39, 0.29) is 35.5 Å². The maximum absolute atomic E-state index is 12.9. The minimum Gasteiger partial charge on any atom is -0.495 e. The number of aliphatic imine (C=N–C) groups is 1. The van der Waals surface area contributed by atoms with Crippen LogP contribution in [0.5, 0.6) is 11.5 Å². The lowest BCUT2D eigenvalue weighted by Gasteiger charge is -2.36. The topological polar surface area (TPSA) is 114 Å². The molecule has 1 N–H and O–H groups in total. The van der Waals surface area contributed by atoms with Crippen molar-refractivity contribution in [1.29, 1.82) is 0 Å². The third-order valence-corrected chi connectivity index (χ3v) is 8.34. The molecule has 3 heterocycles. The zero-order valence-corrected chi connectivity index (χ0v) is 25.6. The highest BCUT2D eigenvalue weighted by molar-refractivity contribution is 6.06. The number of nitrogens with one attached hydrogen (secondary N) is 1. The summed E-state index contributed by atoms with van der Waals surface area (Å²) in [6, 6.07) is 5.69. The number of dihydropyridines is 1. The lowest BCUT2D eigenvalue weighted by atomic mass is 9.76. The van der Waals surface area contributed by atoms with Crippen LogP contribution in [0.1, 0.15) is 58.4 Å². The molecule has 0 bridgehead atoms. The summed E-state index contributed by atoms with van der Waals surface area (Å²) in [7, 11) is 3.28. The van der Waals surface area contributed by atoms with Crippen LogP contribution in [0.3, 0.4) is 0 Å². The summed E-state index contributed by atoms with van der Waals surface area (Å²) in [4.78, 5) is 29.4. The maximum Gasteiger partial charge on any atom is 0.243 e. The fraction of sp³-hybridized carbons (Fsp3) is 0.485. The summed E-state index contributed by atoms with van der Waals surface area (Å²) < 4.78 is 17.2. The molecule has 1 aromatic rings. The number of hydrazone groups is 2. The lowest BCUT2D eigenvalue weighted by Crippen LogP contribution is -2.41. The number of fused-ring (bicyclic) bond motifs is 1. The molecule has 4 aliphatic rings. The molecule has 3 aliphatic heterocycles. The van der Waals surface area contributed by atoms with Crippen LogP contribution < -0.4 is 14.9 Å². The van der Waals surface area contributed by atoms with Crippen molar-refractivity contribution in [2.45, 2.75) is 52.9 Å². The predicted molar refractivity (Wildman–Crippen MR) is 166 cm³/mol. The normalized spacial score (nSPS) is 25.0. The Balaban J connectivity index is 1.19. The van der Waals surface area contributed by atoms with Gasteiger partial charge in [-0.1, -0.05) is 32.9 Å². The minimum atomic E-state index is -0.0785. The third-order valence-electron chi connectivity index (χ3n) is 8.34. The molecule has 0 fully saturated rings. The van der Waals surface area contributed by atoms with E-state index in [1.807, 2.05) is 31.2 Å². The zero-order chi connectivity index (χ0) is 30.5. The van der Waals surface area contributed by atoms with E-state index in [4.69, 9.17) is 24.3 Å². The molecule has 0 saturated carbocycles. The Labute approximate surface area is 253 Å². The van der Waals surface area contributed by atoms with Gasteiger partial charge in [-0.2, -0.15) is 10.2 Å². The van der Waals surface area contributed by atoms with Gasteiger partial charge in [0.05, 0.1) is 32.2 Å². The first-order chi connectivity index (χ1) is 20.8. The quantitative estimate of drug-likeness (QED) is 0.365. The summed E-state index contributed by atoms with van der Waals surface area (Å²) in [6.45, 7) is 7.16. The van der Waals surface area contributed by atoms with E-state index in [0.29, 0.717) is 37.5 Å². The van der Waals surface area contributed by atoms with E-state index >= 15 is 0 Å². The highest BCUT2D eigenvalue weighted by Crippen LogP contribution is 2.39. The molecular weight excluding hydrogens is 546 g/mol. The van der Waals surface area contributed by atoms with Crippen molar-refractivity contribution in [1.82, 2.24) is 10.4 Å². The van der Waals surface area contributed by atoms with Gasteiger partial charge < -0.3 is 14.2 Å². The van der Waals surface area contributed by atoms with E-state index in [1.54, 1.807) is 19.2 Å². The summed E-state index contributed by atoms with van der Waals surface area (Å²) in [5.74, 6) is 2.12. The molecule has 0 aromatic heterocycles. The van der Waals surface area contributed by atoms with Crippen molar-refractivity contribution in [2.75, 3.05) is 27.4 Å². The Bertz CT molecular complexity index is 1440. The summed E-state index contributed by atoms with van der Waals surface area (Å²) in [5.41, 5.74) is 7.23. The van der Waals surface area contributed by atoms with E-state index in [0.717, 1.165) is 53.4 Å². The number of nitrogens with zero attached hydrogens (tertiary/aromatic N) is 4. The molecule has 0 spiro atoms.